The summed E-state index contributed by atoms with van der Waals surface area (Å²) in [6, 6.07) is 0. The van der Waals surface area contributed by atoms with Crippen molar-refractivity contribution in [2.24, 2.45) is 0 Å². The Morgan fingerprint density at radius 3 is 3.00 bits per heavy atom. The summed E-state index contributed by atoms with van der Waals surface area (Å²) >= 11 is 5.52. The highest BCUT2D eigenvalue weighted by Crippen LogP contribution is 1.96. The third-order valence-corrected chi connectivity index (χ3v) is 1.31. The summed E-state index contributed by atoms with van der Waals surface area (Å²) in [5.74, 6) is 0.588. The molecule has 0 aromatic carbocycles. The van der Waals surface area contributed by atoms with Gasteiger partial charge in [-0.1, -0.05) is 12.2 Å². The van der Waals surface area contributed by atoms with Crippen LogP contribution in [-0.2, 0) is 0 Å². The molecule has 1 heterocycles. The lowest BCUT2D eigenvalue weighted by molar-refractivity contribution is 0.894. The summed E-state index contributed by atoms with van der Waals surface area (Å²) in [6.45, 7) is 0.915. The lowest BCUT2D eigenvalue weighted by Crippen LogP contribution is -2.16. The molecule has 0 aromatic rings. The number of hydrogen-bond donors (Lipinski definition) is 1. The van der Waals surface area contributed by atoms with Crippen LogP contribution in [-0.4, -0.2) is 12.4 Å². The fourth-order valence-corrected chi connectivity index (χ4v) is 0.777. The minimum Gasteiger partial charge on any atom is -0.384 e. The Morgan fingerprint density at radius 2 is 2.62 bits per heavy atom. The lowest BCUT2D eigenvalue weighted by atomic mass is 10.3. The normalized spacial score (nSPS) is 17.4. The molecule has 44 valence electrons. The van der Waals surface area contributed by atoms with Crippen LogP contribution >= 0.6 is 11.6 Å². The van der Waals surface area contributed by atoms with E-state index in [1.54, 1.807) is 0 Å². The van der Waals surface area contributed by atoms with Gasteiger partial charge in [-0.3, -0.25) is 0 Å². The number of rotatable bonds is 1. The van der Waals surface area contributed by atoms with E-state index in [2.05, 4.69) is 11.4 Å². The molecular formula is C6H8ClN. The van der Waals surface area contributed by atoms with E-state index < -0.39 is 0 Å². The van der Waals surface area contributed by atoms with Crippen LogP contribution in [0.3, 0.4) is 0 Å². The van der Waals surface area contributed by atoms with E-state index in [1.807, 2.05) is 12.2 Å². The number of allylic oxidation sites excluding steroid dienone is 3. The van der Waals surface area contributed by atoms with Crippen molar-refractivity contribution in [3.8, 4) is 0 Å². The van der Waals surface area contributed by atoms with Crippen molar-refractivity contribution in [1.82, 2.24) is 5.32 Å². The van der Waals surface area contributed by atoms with Crippen molar-refractivity contribution in [2.45, 2.75) is 0 Å². The van der Waals surface area contributed by atoms with E-state index >= 15 is 0 Å². The van der Waals surface area contributed by atoms with Crippen LogP contribution in [0.15, 0.2) is 23.9 Å². The summed E-state index contributed by atoms with van der Waals surface area (Å²) in [5, 5.41) is 3.11. The smallest absolute Gasteiger partial charge is 0.0621 e. The van der Waals surface area contributed by atoms with E-state index in [-0.39, 0.29) is 0 Å². The molecule has 0 saturated heterocycles. The van der Waals surface area contributed by atoms with E-state index in [9.17, 15) is 0 Å². The minimum absolute atomic E-state index is 0.588. The maximum absolute atomic E-state index is 5.52. The van der Waals surface area contributed by atoms with E-state index in [0.717, 1.165) is 12.2 Å². The van der Waals surface area contributed by atoms with Gasteiger partial charge in [0.1, 0.15) is 0 Å². The van der Waals surface area contributed by atoms with Gasteiger partial charge in [-0.2, -0.15) is 0 Å². The molecule has 0 aromatic heterocycles. The number of halogens is 1. The highest BCUT2D eigenvalue weighted by Gasteiger charge is 1.92. The van der Waals surface area contributed by atoms with E-state index in [4.69, 9.17) is 11.6 Å². The van der Waals surface area contributed by atoms with Gasteiger partial charge in [0.15, 0.2) is 0 Å². The van der Waals surface area contributed by atoms with Crippen molar-refractivity contribution < 1.29 is 0 Å². The number of hydrogen-bond acceptors (Lipinski definition) is 1. The van der Waals surface area contributed by atoms with Crippen molar-refractivity contribution >= 4 is 11.6 Å². The summed E-state index contributed by atoms with van der Waals surface area (Å²) in [7, 11) is 0. The monoisotopic (exact) mass is 129 g/mol. The SMILES string of the molecule is ClCC1=CC=CCN1. The Labute approximate surface area is 54.0 Å². The van der Waals surface area contributed by atoms with Gasteiger partial charge in [0.2, 0.25) is 0 Å². The molecule has 0 aliphatic carbocycles. The van der Waals surface area contributed by atoms with Crippen LogP contribution < -0.4 is 5.32 Å². The van der Waals surface area contributed by atoms with Gasteiger partial charge in [0.25, 0.3) is 0 Å². The summed E-state index contributed by atoms with van der Waals surface area (Å²) < 4.78 is 0. The molecule has 2 heteroatoms. The predicted octanol–water partition coefficient (Wildman–Crippen LogP) is 1.27. The maximum atomic E-state index is 5.52. The van der Waals surface area contributed by atoms with Gasteiger partial charge < -0.3 is 5.32 Å². The number of dihydropyridines is 1. The third kappa shape index (κ3) is 1.27. The van der Waals surface area contributed by atoms with Crippen LogP contribution in [0.2, 0.25) is 0 Å². The van der Waals surface area contributed by atoms with Crippen LogP contribution in [0.4, 0.5) is 0 Å². The van der Waals surface area contributed by atoms with Gasteiger partial charge in [0.05, 0.1) is 5.88 Å². The molecule has 0 bridgehead atoms. The summed E-state index contributed by atoms with van der Waals surface area (Å²) in [6.07, 6.45) is 6.04. The Bertz CT molecular complexity index is 126. The number of alkyl halides is 1. The first-order valence-electron chi connectivity index (χ1n) is 2.59. The molecule has 0 saturated carbocycles. The first-order valence-corrected chi connectivity index (χ1v) is 3.12. The van der Waals surface area contributed by atoms with Gasteiger partial charge in [-0.05, 0) is 6.08 Å². The Morgan fingerprint density at radius 1 is 1.75 bits per heavy atom. The van der Waals surface area contributed by atoms with Crippen LogP contribution in [0.5, 0.6) is 0 Å². The van der Waals surface area contributed by atoms with Gasteiger partial charge in [-0.15, -0.1) is 11.6 Å². The molecule has 0 amide bonds. The van der Waals surface area contributed by atoms with Gasteiger partial charge in [0, 0.05) is 12.2 Å². The van der Waals surface area contributed by atoms with E-state index in [0.29, 0.717) is 5.88 Å². The second-order valence-corrected chi connectivity index (χ2v) is 1.90. The standard InChI is InChI=1S/C6H8ClN/c7-5-6-3-1-2-4-8-6/h1-3,8H,4-5H2. The summed E-state index contributed by atoms with van der Waals surface area (Å²) in [4.78, 5) is 0. The third-order valence-electron chi connectivity index (χ3n) is 1.02. The zero-order valence-electron chi connectivity index (χ0n) is 4.52. The molecule has 1 aliphatic heterocycles. The van der Waals surface area contributed by atoms with Crippen LogP contribution in [0, 0.1) is 0 Å². The first kappa shape index (κ1) is 5.70. The largest absolute Gasteiger partial charge is 0.384 e. The molecule has 1 rings (SSSR count). The first-order chi connectivity index (χ1) is 3.93. The second-order valence-electron chi connectivity index (χ2n) is 1.63. The summed E-state index contributed by atoms with van der Waals surface area (Å²) in [5.41, 5.74) is 1.11. The Hall–Kier alpha value is -0.430. The van der Waals surface area contributed by atoms with Crippen molar-refractivity contribution in [3.05, 3.63) is 23.9 Å². The average Bonchev–Trinajstić information content (AvgIpc) is 1.90. The molecule has 0 radical (unpaired) electrons. The molecule has 1 aliphatic rings. The quantitative estimate of drug-likeness (QED) is 0.526. The molecule has 8 heavy (non-hydrogen) atoms. The fraction of sp³-hybridized carbons (Fsp3) is 0.333. The van der Waals surface area contributed by atoms with Crippen LogP contribution in [0.25, 0.3) is 0 Å². The fourth-order valence-electron chi connectivity index (χ4n) is 0.593. The van der Waals surface area contributed by atoms with Gasteiger partial charge in [-0.25, -0.2) is 0 Å². The molecule has 0 atom stereocenters. The number of nitrogens with one attached hydrogen (secondary N) is 1. The van der Waals surface area contributed by atoms with Crippen LogP contribution in [0.1, 0.15) is 0 Å². The molecular weight excluding hydrogens is 122 g/mol. The predicted molar refractivity (Wildman–Crippen MR) is 35.9 cm³/mol. The average molecular weight is 130 g/mol. The maximum Gasteiger partial charge on any atom is 0.0621 e. The minimum atomic E-state index is 0.588. The lowest BCUT2D eigenvalue weighted by Gasteiger charge is -2.06. The molecule has 0 spiro atoms. The van der Waals surface area contributed by atoms with Crippen molar-refractivity contribution in [2.75, 3.05) is 12.4 Å². The topological polar surface area (TPSA) is 12.0 Å². The van der Waals surface area contributed by atoms with Crippen molar-refractivity contribution in [3.63, 3.8) is 0 Å². The zero-order chi connectivity index (χ0) is 5.82. The Balaban J connectivity index is 2.50. The highest BCUT2D eigenvalue weighted by molar-refractivity contribution is 6.19. The molecule has 1 N–H and O–H groups in total. The molecule has 1 nitrogen and oxygen atoms in total. The second kappa shape index (κ2) is 2.78. The van der Waals surface area contributed by atoms with Gasteiger partial charge >= 0.3 is 0 Å². The zero-order valence-corrected chi connectivity index (χ0v) is 5.28. The molecule has 0 fully saturated rings. The van der Waals surface area contributed by atoms with E-state index in [1.165, 1.54) is 0 Å². The Kier molecular flexibility index (Phi) is 1.98. The van der Waals surface area contributed by atoms with Crippen molar-refractivity contribution in [1.29, 1.82) is 0 Å². The highest BCUT2D eigenvalue weighted by atomic mass is 35.5. The molecule has 0 unspecified atom stereocenters.